The summed E-state index contributed by atoms with van der Waals surface area (Å²) >= 11 is 11.1. The highest BCUT2D eigenvalue weighted by Crippen LogP contribution is 2.19. The minimum absolute atomic E-state index is 0.209. The molecule has 0 radical (unpaired) electrons. The smallest absolute Gasteiger partial charge is 0.272 e. The summed E-state index contributed by atoms with van der Waals surface area (Å²) in [7, 11) is 0. The van der Waals surface area contributed by atoms with E-state index in [2.05, 4.69) is 10.5 Å². The zero-order valence-electron chi connectivity index (χ0n) is 12.7. The van der Waals surface area contributed by atoms with Crippen molar-refractivity contribution in [2.24, 2.45) is 5.10 Å². The summed E-state index contributed by atoms with van der Waals surface area (Å²) in [5.74, 6) is -2.41. The molecule has 0 heterocycles. The van der Waals surface area contributed by atoms with Gasteiger partial charge in [-0.2, -0.15) is 5.10 Å². The molecule has 2 rings (SSSR count). The molecule has 0 bridgehead atoms. The average Bonchev–Trinajstić information content (AvgIpc) is 2.59. The molecule has 1 amide bonds. The van der Waals surface area contributed by atoms with Crippen LogP contribution in [0.15, 0.2) is 53.1 Å². The summed E-state index contributed by atoms with van der Waals surface area (Å²) in [5, 5.41) is 3.54. The second-order valence-electron chi connectivity index (χ2n) is 4.69. The first-order chi connectivity index (χ1) is 12.0. The first-order valence-corrected chi connectivity index (χ1v) is 7.78. The molecule has 0 atom stereocenters. The first kappa shape index (κ1) is 18.9. The van der Waals surface area contributed by atoms with Crippen molar-refractivity contribution in [3.05, 3.63) is 75.8 Å². The van der Waals surface area contributed by atoms with Gasteiger partial charge in [0.2, 0.25) is 0 Å². The van der Waals surface area contributed by atoms with Crippen LogP contribution in [-0.2, 0) is 0 Å². The molecule has 0 saturated heterocycles. The second kappa shape index (κ2) is 9.15. The highest BCUT2D eigenvalue weighted by molar-refractivity contribution is 6.33. The Kier molecular flexibility index (Phi) is 6.91. The molecule has 0 aromatic heterocycles. The van der Waals surface area contributed by atoms with E-state index in [9.17, 15) is 13.6 Å². The molecule has 0 spiro atoms. The van der Waals surface area contributed by atoms with E-state index in [-0.39, 0.29) is 10.6 Å². The summed E-state index contributed by atoms with van der Waals surface area (Å²) in [4.78, 5) is 11.9. The van der Waals surface area contributed by atoms with Gasteiger partial charge >= 0.3 is 0 Å². The Morgan fingerprint density at radius 3 is 2.56 bits per heavy atom. The maximum Gasteiger partial charge on any atom is 0.272 e. The van der Waals surface area contributed by atoms with E-state index in [4.69, 9.17) is 27.9 Å². The predicted octanol–water partition coefficient (Wildman–Crippen LogP) is 4.51. The molecule has 130 valence electrons. The fourth-order valence-electron chi connectivity index (χ4n) is 1.75. The molecule has 1 N–H and O–H groups in total. The SMILES string of the molecule is O=C(N/N=C\c1ccc(OC/C=C/Cl)cc1)c1cc(F)c(F)cc1Cl. The van der Waals surface area contributed by atoms with E-state index >= 15 is 0 Å². The van der Waals surface area contributed by atoms with Crippen molar-refractivity contribution in [3.63, 3.8) is 0 Å². The van der Waals surface area contributed by atoms with Gasteiger partial charge in [-0.3, -0.25) is 4.79 Å². The molecule has 0 aliphatic heterocycles. The Morgan fingerprint density at radius 2 is 1.88 bits per heavy atom. The highest BCUT2D eigenvalue weighted by atomic mass is 35.5. The molecular weight excluding hydrogens is 373 g/mol. The van der Waals surface area contributed by atoms with Gasteiger partial charge in [-0.25, -0.2) is 14.2 Å². The van der Waals surface area contributed by atoms with Crippen molar-refractivity contribution in [2.75, 3.05) is 6.61 Å². The lowest BCUT2D eigenvalue weighted by molar-refractivity contribution is 0.0954. The number of halogens is 4. The van der Waals surface area contributed by atoms with Gasteiger partial charge in [-0.15, -0.1) is 0 Å². The molecule has 25 heavy (non-hydrogen) atoms. The van der Waals surface area contributed by atoms with Crippen molar-refractivity contribution in [1.82, 2.24) is 5.43 Å². The van der Waals surface area contributed by atoms with Crippen molar-refractivity contribution in [2.45, 2.75) is 0 Å². The Labute approximate surface area is 152 Å². The fourth-order valence-corrected chi connectivity index (χ4v) is 2.06. The number of rotatable bonds is 6. The van der Waals surface area contributed by atoms with Crippen LogP contribution in [0, 0.1) is 11.6 Å². The van der Waals surface area contributed by atoms with Gasteiger partial charge in [0, 0.05) is 5.54 Å². The van der Waals surface area contributed by atoms with Gasteiger partial charge in [-0.1, -0.05) is 23.2 Å². The first-order valence-electron chi connectivity index (χ1n) is 6.97. The number of amides is 1. The Morgan fingerprint density at radius 1 is 1.20 bits per heavy atom. The maximum absolute atomic E-state index is 13.2. The van der Waals surface area contributed by atoms with Crippen LogP contribution in [0.2, 0.25) is 5.02 Å². The van der Waals surface area contributed by atoms with Crippen molar-refractivity contribution < 1.29 is 18.3 Å². The fraction of sp³-hybridized carbons (Fsp3) is 0.0588. The number of carbonyl (C=O) groups excluding carboxylic acids is 1. The summed E-state index contributed by atoms with van der Waals surface area (Å²) in [6, 6.07) is 8.33. The topological polar surface area (TPSA) is 50.7 Å². The zero-order valence-corrected chi connectivity index (χ0v) is 14.2. The Balaban J connectivity index is 1.96. The standard InChI is InChI=1S/C17H12Cl2F2N2O2/c18-6-1-7-25-12-4-2-11(3-5-12)10-22-23-17(24)13-8-15(20)16(21)9-14(13)19/h1-6,8-10H,7H2,(H,23,24)/b6-1+,22-10-. The molecule has 0 fully saturated rings. The molecule has 0 aliphatic carbocycles. The van der Waals surface area contributed by atoms with Gasteiger partial charge in [-0.05, 0) is 48.0 Å². The normalized spacial score (nSPS) is 11.2. The quantitative estimate of drug-likeness (QED) is 0.452. The molecule has 4 nitrogen and oxygen atoms in total. The third kappa shape index (κ3) is 5.55. The molecule has 0 unspecified atom stereocenters. The van der Waals surface area contributed by atoms with Crippen LogP contribution in [0.3, 0.4) is 0 Å². The lowest BCUT2D eigenvalue weighted by atomic mass is 10.2. The van der Waals surface area contributed by atoms with Gasteiger partial charge < -0.3 is 4.74 Å². The van der Waals surface area contributed by atoms with Gasteiger partial charge in [0.1, 0.15) is 12.4 Å². The van der Waals surface area contributed by atoms with E-state index < -0.39 is 17.5 Å². The number of hydrogen-bond acceptors (Lipinski definition) is 3. The summed E-state index contributed by atoms with van der Waals surface area (Å²) in [5.41, 5.74) is 4.03. The third-order valence-electron chi connectivity index (χ3n) is 2.95. The maximum atomic E-state index is 13.2. The molecule has 0 aliphatic rings. The lowest BCUT2D eigenvalue weighted by Crippen LogP contribution is -2.18. The van der Waals surface area contributed by atoms with Crippen LogP contribution in [0.1, 0.15) is 15.9 Å². The second-order valence-corrected chi connectivity index (χ2v) is 5.35. The summed E-state index contributed by atoms with van der Waals surface area (Å²) < 4.78 is 31.5. The monoisotopic (exact) mass is 384 g/mol. The minimum Gasteiger partial charge on any atom is -0.490 e. The van der Waals surface area contributed by atoms with Gasteiger partial charge in [0.05, 0.1) is 16.8 Å². The van der Waals surface area contributed by atoms with Crippen LogP contribution >= 0.6 is 23.2 Å². The van der Waals surface area contributed by atoms with Crippen LogP contribution in [-0.4, -0.2) is 18.7 Å². The molecule has 2 aromatic carbocycles. The number of nitrogens with zero attached hydrogens (tertiary/aromatic N) is 1. The van der Waals surface area contributed by atoms with Gasteiger partial charge in [0.15, 0.2) is 11.6 Å². The van der Waals surface area contributed by atoms with E-state index in [1.165, 1.54) is 11.7 Å². The number of hydrogen-bond donors (Lipinski definition) is 1. The highest BCUT2D eigenvalue weighted by Gasteiger charge is 2.14. The van der Waals surface area contributed by atoms with Crippen LogP contribution < -0.4 is 10.2 Å². The van der Waals surface area contributed by atoms with E-state index in [0.29, 0.717) is 24.0 Å². The van der Waals surface area contributed by atoms with Crippen molar-refractivity contribution in [3.8, 4) is 5.75 Å². The minimum atomic E-state index is -1.17. The number of carbonyl (C=O) groups is 1. The van der Waals surface area contributed by atoms with Gasteiger partial charge in [0.25, 0.3) is 5.91 Å². The number of ether oxygens (including phenoxy) is 1. The Bertz CT molecular complexity index is 809. The largest absolute Gasteiger partial charge is 0.490 e. The number of benzene rings is 2. The summed E-state index contributed by atoms with van der Waals surface area (Å²) in [6.45, 7) is 0.349. The number of hydrazone groups is 1. The van der Waals surface area contributed by atoms with E-state index in [1.54, 1.807) is 30.3 Å². The van der Waals surface area contributed by atoms with Crippen LogP contribution in [0.5, 0.6) is 5.75 Å². The molecule has 0 saturated carbocycles. The van der Waals surface area contributed by atoms with E-state index in [1.807, 2.05) is 0 Å². The zero-order chi connectivity index (χ0) is 18.2. The van der Waals surface area contributed by atoms with Crippen molar-refractivity contribution >= 4 is 35.3 Å². The number of nitrogens with one attached hydrogen (secondary N) is 1. The Hall–Kier alpha value is -2.44. The van der Waals surface area contributed by atoms with Crippen LogP contribution in [0.25, 0.3) is 0 Å². The van der Waals surface area contributed by atoms with E-state index in [0.717, 1.165) is 6.07 Å². The third-order valence-corrected chi connectivity index (χ3v) is 3.44. The lowest BCUT2D eigenvalue weighted by Gasteiger charge is -2.04. The summed E-state index contributed by atoms with van der Waals surface area (Å²) in [6.07, 6.45) is 3.03. The average molecular weight is 385 g/mol. The predicted molar refractivity (Wildman–Crippen MR) is 93.4 cm³/mol. The molecular formula is C17H12Cl2F2N2O2. The molecule has 2 aromatic rings. The van der Waals surface area contributed by atoms with Crippen molar-refractivity contribution in [1.29, 1.82) is 0 Å². The van der Waals surface area contributed by atoms with Crippen LogP contribution in [0.4, 0.5) is 8.78 Å². The molecule has 8 heteroatoms.